The number of amides is 1. The molecule has 152 valence electrons. The molecule has 0 spiro atoms. The molecule has 0 radical (unpaired) electrons. The highest BCUT2D eigenvalue weighted by atomic mass is 32.1. The summed E-state index contributed by atoms with van der Waals surface area (Å²) in [5, 5.41) is 2.12. The summed E-state index contributed by atoms with van der Waals surface area (Å²) in [7, 11) is 0. The van der Waals surface area contributed by atoms with E-state index < -0.39 is 0 Å². The van der Waals surface area contributed by atoms with Gasteiger partial charge in [-0.25, -0.2) is 4.39 Å². The van der Waals surface area contributed by atoms with Gasteiger partial charge in [0.15, 0.2) is 5.76 Å². The molecule has 1 amide bonds. The predicted octanol–water partition coefficient (Wildman–Crippen LogP) is 3.94. The standard InChI is InChI=1S/C22H24FN3O2S/c23-18-5-7-19(8-6-18)26(22(27)21-4-1-15-28-21)14-13-24-9-11-25(12-10-24)17-20-3-2-16-29-20/h1-8,15-16H,9-14,17H2. The first-order chi connectivity index (χ1) is 14.2. The van der Waals surface area contributed by atoms with E-state index in [9.17, 15) is 9.18 Å². The molecule has 29 heavy (non-hydrogen) atoms. The molecule has 3 aromatic rings. The Labute approximate surface area is 174 Å². The van der Waals surface area contributed by atoms with Crippen LogP contribution in [0.5, 0.6) is 0 Å². The molecule has 1 fully saturated rings. The fourth-order valence-electron chi connectivity index (χ4n) is 3.54. The zero-order chi connectivity index (χ0) is 20.1. The van der Waals surface area contributed by atoms with Crippen molar-refractivity contribution in [2.45, 2.75) is 6.54 Å². The number of hydrogen-bond acceptors (Lipinski definition) is 5. The monoisotopic (exact) mass is 413 g/mol. The van der Waals surface area contributed by atoms with Gasteiger partial charge in [0.05, 0.1) is 6.26 Å². The molecule has 5 nitrogen and oxygen atoms in total. The molecule has 1 saturated heterocycles. The third kappa shape index (κ3) is 5.12. The number of anilines is 1. The number of carbonyl (C=O) groups is 1. The van der Waals surface area contributed by atoms with Crippen molar-refractivity contribution >= 4 is 22.9 Å². The van der Waals surface area contributed by atoms with Gasteiger partial charge in [-0.15, -0.1) is 11.3 Å². The zero-order valence-corrected chi connectivity index (χ0v) is 17.0. The fraction of sp³-hybridized carbons (Fsp3) is 0.318. The van der Waals surface area contributed by atoms with E-state index in [0.717, 1.165) is 39.3 Å². The van der Waals surface area contributed by atoms with Crippen molar-refractivity contribution in [1.29, 1.82) is 0 Å². The molecule has 0 atom stereocenters. The third-order valence-corrected chi connectivity index (χ3v) is 6.04. The molecule has 0 bridgehead atoms. The smallest absolute Gasteiger partial charge is 0.293 e. The maximum Gasteiger partial charge on any atom is 0.293 e. The highest BCUT2D eigenvalue weighted by Gasteiger charge is 2.23. The summed E-state index contributed by atoms with van der Waals surface area (Å²) in [6.45, 7) is 6.26. The number of hydrogen-bond donors (Lipinski definition) is 0. The summed E-state index contributed by atoms with van der Waals surface area (Å²) in [5.74, 6) is -0.242. The van der Waals surface area contributed by atoms with Crippen LogP contribution in [0.25, 0.3) is 0 Å². The minimum absolute atomic E-state index is 0.210. The number of halogens is 1. The average Bonchev–Trinajstić information content (AvgIpc) is 3.45. The predicted molar refractivity (Wildman–Crippen MR) is 113 cm³/mol. The van der Waals surface area contributed by atoms with Gasteiger partial charge in [-0.2, -0.15) is 0 Å². The summed E-state index contributed by atoms with van der Waals surface area (Å²) in [5.41, 5.74) is 0.670. The van der Waals surface area contributed by atoms with Crippen molar-refractivity contribution in [2.75, 3.05) is 44.2 Å². The molecule has 0 saturated carbocycles. The van der Waals surface area contributed by atoms with Gasteiger partial charge in [0.1, 0.15) is 5.82 Å². The Balaban J connectivity index is 1.36. The van der Waals surface area contributed by atoms with E-state index in [1.807, 2.05) is 0 Å². The maximum atomic E-state index is 13.3. The largest absolute Gasteiger partial charge is 0.459 e. The Bertz CT molecular complexity index is 889. The molecule has 1 aliphatic heterocycles. The Morgan fingerprint density at radius 1 is 1.03 bits per heavy atom. The van der Waals surface area contributed by atoms with Crippen LogP contribution >= 0.6 is 11.3 Å². The number of thiophene rings is 1. The number of rotatable bonds is 7. The van der Waals surface area contributed by atoms with E-state index >= 15 is 0 Å². The number of furan rings is 1. The zero-order valence-electron chi connectivity index (χ0n) is 16.2. The molecule has 0 aliphatic carbocycles. The Morgan fingerprint density at radius 2 is 1.79 bits per heavy atom. The molecule has 0 N–H and O–H groups in total. The van der Waals surface area contributed by atoms with Gasteiger partial charge >= 0.3 is 0 Å². The van der Waals surface area contributed by atoms with Gasteiger partial charge in [0.25, 0.3) is 5.91 Å². The van der Waals surface area contributed by atoms with Crippen molar-refractivity contribution in [1.82, 2.24) is 9.80 Å². The number of carbonyl (C=O) groups excluding carboxylic acids is 1. The van der Waals surface area contributed by atoms with Crippen LogP contribution in [0.1, 0.15) is 15.4 Å². The van der Waals surface area contributed by atoms with Crippen LogP contribution in [-0.4, -0.2) is 55.0 Å². The quantitative estimate of drug-likeness (QED) is 0.588. The first-order valence-corrected chi connectivity index (χ1v) is 10.6. The van der Waals surface area contributed by atoms with E-state index in [2.05, 4.69) is 27.3 Å². The summed E-state index contributed by atoms with van der Waals surface area (Å²) in [6.07, 6.45) is 1.49. The van der Waals surface area contributed by atoms with Gasteiger partial charge in [-0.05, 0) is 47.8 Å². The number of nitrogens with zero attached hydrogens (tertiary/aromatic N) is 3. The van der Waals surface area contributed by atoms with Gasteiger partial charge in [-0.3, -0.25) is 14.6 Å². The highest BCUT2D eigenvalue weighted by molar-refractivity contribution is 7.09. The average molecular weight is 414 g/mol. The molecular formula is C22H24FN3O2S. The lowest BCUT2D eigenvalue weighted by Gasteiger charge is -2.35. The third-order valence-electron chi connectivity index (χ3n) is 5.18. The van der Waals surface area contributed by atoms with E-state index in [1.165, 1.54) is 23.3 Å². The van der Waals surface area contributed by atoms with Crippen molar-refractivity contribution in [3.05, 3.63) is 76.6 Å². The maximum absolute atomic E-state index is 13.3. The van der Waals surface area contributed by atoms with Gasteiger partial charge < -0.3 is 9.32 Å². The van der Waals surface area contributed by atoms with Gasteiger partial charge in [0, 0.05) is 56.4 Å². The summed E-state index contributed by atoms with van der Waals surface area (Å²) in [4.78, 5) is 20.8. The van der Waals surface area contributed by atoms with E-state index in [0.29, 0.717) is 12.2 Å². The minimum atomic E-state index is -0.319. The summed E-state index contributed by atoms with van der Waals surface area (Å²) < 4.78 is 18.6. The highest BCUT2D eigenvalue weighted by Crippen LogP contribution is 2.19. The van der Waals surface area contributed by atoms with Crippen LogP contribution in [-0.2, 0) is 6.54 Å². The lowest BCUT2D eigenvalue weighted by atomic mass is 10.2. The Morgan fingerprint density at radius 3 is 2.45 bits per heavy atom. The molecule has 4 rings (SSSR count). The Hall–Kier alpha value is -2.48. The van der Waals surface area contributed by atoms with Crippen LogP contribution in [0.3, 0.4) is 0 Å². The first kappa shape index (κ1) is 19.8. The van der Waals surface area contributed by atoms with E-state index in [-0.39, 0.29) is 17.5 Å². The van der Waals surface area contributed by atoms with Crippen LogP contribution in [0.2, 0.25) is 0 Å². The van der Waals surface area contributed by atoms with Crippen molar-refractivity contribution < 1.29 is 13.6 Å². The van der Waals surface area contributed by atoms with Crippen LogP contribution < -0.4 is 4.90 Å². The second kappa shape index (κ2) is 9.35. The first-order valence-electron chi connectivity index (χ1n) is 9.77. The lowest BCUT2D eigenvalue weighted by Crippen LogP contribution is -2.48. The van der Waals surface area contributed by atoms with Crippen molar-refractivity contribution in [3.63, 3.8) is 0 Å². The fourth-order valence-corrected chi connectivity index (χ4v) is 4.28. The van der Waals surface area contributed by atoms with Gasteiger partial charge in [-0.1, -0.05) is 6.07 Å². The SMILES string of the molecule is O=C(c1ccco1)N(CCN1CCN(Cc2cccs2)CC1)c1ccc(F)cc1. The van der Waals surface area contributed by atoms with Crippen LogP contribution in [0, 0.1) is 5.82 Å². The molecule has 1 aromatic carbocycles. The second-order valence-corrected chi connectivity index (χ2v) is 8.14. The molecule has 2 aromatic heterocycles. The summed E-state index contributed by atoms with van der Waals surface area (Å²) >= 11 is 1.80. The Kier molecular flexibility index (Phi) is 6.39. The van der Waals surface area contributed by atoms with Crippen LogP contribution in [0.15, 0.2) is 64.6 Å². The summed E-state index contributed by atoms with van der Waals surface area (Å²) in [6, 6.07) is 13.6. The topological polar surface area (TPSA) is 39.9 Å². The van der Waals surface area contributed by atoms with E-state index in [4.69, 9.17) is 4.42 Å². The molecule has 3 heterocycles. The van der Waals surface area contributed by atoms with E-state index in [1.54, 1.807) is 40.5 Å². The normalized spacial score (nSPS) is 15.5. The molecule has 1 aliphatic rings. The van der Waals surface area contributed by atoms with Crippen LogP contribution in [0.4, 0.5) is 10.1 Å². The van der Waals surface area contributed by atoms with Crippen molar-refractivity contribution in [3.8, 4) is 0 Å². The number of benzene rings is 1. The molecule has 0 unspecified atom stereocenters. The van der Waals surface area contributed by atoms with Gasteiger partial charge in [0.2, 0.25) is 0 Å². The lowest BCUT2D eigenvalue weighted by molar-refractivity contribution is 0.0947. The number of piperazine rings is 1. The molecule has 7 heteroatoms. The van der Waals surface area contributed by atoms with Crippen molar-refractivity contribution in [2.24, 2.45) is 0 Å². The second-order valence-electron chi connectivity index (χ2n) is 7.11. The molecular weight excluding hydrogens is 389 g/mol. The minimum Gasteiger partial charge on any atom is -0.459 e.